The number of carbonyl (C=O) groups is 3. The Morgan fingerprint density at radius 1 is 0.944 bits per heavy atom. The SMILES string of the molecule is COC(=O)c1cc(Cl)c(C(=O)N[C@@H](Cc2ccc(B3OC(C)(C)C(C)(C)O3)cc2)C(=O)OC)c(Cl)c1. The summed E-state index contributed by atoms with van der Waals surface area (Å²) in [7, 11) is 1.93. The summed E-state index contributed by atoms with van der Waals surface area (Å²) in [5, 5.41) is 2.50. The van der Waals surface area contributed by atoms with E-state index in [1.54, 1.807) is 0 Å². The van der Waals surface area contributed by atoms with Crippen molar-refractivity contribution in [3.05, 3.63) is 63.1 Å². The van der Waals surface area contributed by atoms with E-state index in [1.165, 1.54) is 26.4 Å². The van der Waals surface area contributed by atoms with Crippen LogP contribution in [0, 0.1) is 0 Å². The van der Waals surface area contributed by atoms with Gasteiger partial charge in [0.25, 0.3) is 5.91 Å². The molecule has 11 heteroatoms. The Morgan fingerprint density at radius 3 is 1.94 bits per heavy atom. The number of benzene rings is 2. The third kappa shape index (κ3) is 5.86. The van der Waals surface area contributed by atoms with Gasteiger partial charge >= 0.3 is 19.1 Å². The second-order valence-corrected chi connectivity index (χ2v) is 10.2. The van der Waals surface area contributed by atoms with E-state index in [-0.39, 0.29) is 27.6 Å². The molecule has 2 aromatic rings. The zero-order valence-electron chi connectivity index (χ0n) is 20.9. The minimum atomic E-state index is -1.02. The van der Waals surface area contributed by atoms with E-state index in [2.05, 4.69) is 10.1 Å². The maximum absolute atomic E-state index is 13.0. The van der Waals surface area contributed by atoms with Gasteiger partial charge in [-0.2, -0.15) is 0 Å². The summed E-state index contributed by atoms with van der Waals surface area (Å²) in [5.74, 6) is -1.98. The largest absolute Gasteiger partial charge is 0.494 e. The topological polar surface area (TPSA) is 100 Å². The summed E-state index contributed by atoms with van der Waals surface area (Å²) >= 11 is 12.4. The van der Waals surface area contributed by atoms with Crippen molar-refractivity contribution in [3.8, 4) is 0 Å². The molecule has 1 aliphatic rings. The lowest BCUT2D eigenvalue weighted by Crippen LogP contribution is -2.43. The van der Waals surface area contributed by atoms with E-state index in [9.17, 15) is 14.4 Å². The fourth-order valence-corrected chi connectivity index (χ4v) is 4.28. The molecule has 1 atom stereocenters. The minimum Gasteiger partial charge on any atom is -0.467 e. The average molecular weight is 536 g/mol. The number of amides is 1. The predicted molar refractivity (Wildman–Crippen MR) is 137 cm³/mol. The molecule has 1 aliphatic heterocycles. The number of hydrogen-bond acceptors (Lipinski definition) is 7. The van der Waals surface area contributed by atoms with Crippen LogP contribution in [0.15, 0.2) is 36.4 Å². The maximum Gasteiger partial charge on any atom is 0.494 e. The molecule has 1 heterocycles. The second-order valence-electron chi connectivity index (χ2n) is 9.39. The predicted octanol–water partition coefficient (Wildman–Crippen LogP) is 3.59. The van der Waals surface area contributed by atoms with Crippen LogP contribution in [0.5, 0.6) is 0 Å². The standard InChI is InChI=1S/C25H28BCl2NO7/c1-24(2)25(3,4)36-26(35-24)16-9-7-14(8-10-16)11-19(23(32)34-6)29-21(30)20-17(27)12-15(13-18(20)28)22(31)33-5/h7-10,12-13,19H,11H2,1-6H3,(H,29,30)/t19-/m0/s1. The van der Waals surface area contributed by atoms with Gasteiger partial charge in [0.1, 0.15) is 6.04 Å². The van der Waals surface area contributed by atoms with Crippen molar-refractivity contribution >= 4 is 53.6 Å². The number of esters is 2. The fraction of sp³-hybridized carbons (Fsp3) is 0.400. The minimum absolute atomic E-state index is 0.0595. The summed E-state index contributed by atoms with van der Waals surface area (Å²) in [6, 6.07) is 8.89. The van der Waals surface area contributed by atoms with Crippen LogP contribution < -0.4 is 10.8 Å². The molecular weight excluding hydrogens is 508 g/mol. The number of rotatable bonds is 7. The summed E-state index contributed by atoms with van der Waals surface area (Å²) < 4.78 is 21.7. The Hall–Kier alpha value is -2.59. The molecular formula is C25H28BCl2NO7. The number of hydrogen-bond donors (Lipinski definition) is 1. The van der Waals surface area contributed by atoms with Crippen LogP contribution in [-0.4, -0.2) is 56.4 Å². The van der Waals surface area contributed by atoms with Gasteiger partial charge in [0, 0.05) is 6.42 Å². The van der Waals surface area contributed by atoms with Crippen molar-refractivity contribution in [3.63, 3.8) is 0 Å². The van der Waals surface area contributed by atoms with Crippen LogP contribution in [0.2, 0.25) is 10.0 Å². The van der Waals surface area contributed by atoms with E-state index in [4.69, 9.17) is 37.2 Å². The maximum atomic E-state index is 13.0. The highest BCUT2D eigenvalue weighted by molar-refractivity contribution is 6.62. The first-order valence-corrected chi connectivity index (χ1v) is 12.0. The van der Waals surface area contributed by atoms with Crippen molar-refractivity contribution in [2.24, 2.45) is 0 Å². The van der Waals surface area contributed by atoms with Crippen LogP contribution in [-0.2, 0) is 30.0 Å². The van der Waals surface area contributed by atoms with E-state index in [0.29, 0.717) is 0 Å². The van der Waals surface area contributed by atoms with Crippen molar-refractivity contribution < 1.29 is 33.2 Å². The fourth-order valence-electron chi connectivity index (χ4n) is 3.62. The van der Waals surface area contributed by atoms with Gasteiger partial charge < -0.3 is 24.1 Å². The van der Waals surface area contributed by atoms with Crippen LogP contribution in [0.3, 0.4) is 0 Å². The first-order chi connectivity index (χ1) is 16.8. The van der Waals surface area contributed by atoms with Gasteiger partial charge in [-0.25, -0.2) is 9.59 Å². The van der Waals surface area contributed by atoms with Crippen LogP contribution in [0.4, 0.5) is 0 Å². The smallest absolute Gasteiger partial charge is 0.467 e. The zero-order valence-corrected chi connectivity index (χ0v) is 22.5. The molecule has 0 radical (unpaired) electrons. The van der Waals surface area contributed by atoms with Gasteiger partial charge in [-0.1, -0.05) is 47.5 Å². The average Bonchev–Trinajstić information content (AvgIpc) is 3.04. The van der Waals surface area contributed by atoms with Gasteiger partial charge in [0.15, 0.2) is 0 Å². The molecule has 36 heavy (non-hydrogen) atoms. The molecule has 1 amide bonds. The molecule has 0 spiro atoms. The molecule has 0 saturated carbocycles. The Bertz CT molecular complexity index is 1130. The van der Waals surface area contributed by atoms with E-state index < -0.39 is 42.2 Å². The van der Waals surface area contributed by atoms with Gasteiger partial charge in [0.2, 0.25) is 0 Å². The van der Waals surface area contributed by atoms with Crippen molar-refractivity contribution in [1.29, 1.82) is 0 Å². The van der Waals surface area contributed by atoms with Crippen LogP contribution in [0.1, 0.15) is 54.0 Å². The Labute approximate surface area is 220 Å². The Balaban J connectivity index is 1.76. The van der Waals surface area contributed by atoms with Gasteiger partial charge in [-0.15, -0.1) is 0 Å². The summed E-state index contributed by atoms with van der Waals surface area (Å²) in [5.41, 5.74) is 0.693. The Morgan fingerprint density at radius 2 is 1.47 bits per heavy atom. The molecule has 1 saturated heterocycles. The van der Waals surface area contributed by atoms with Crippen molar-refractivity contribution in [1.82, 2.24) is 5.32 Å². The molecule has 0 aromatic heterocycles. The monoisotopic (exact) mass is 535 g/mol. The lowest BCUT2D eigenvalue weighted by molar-refractivity contribution is -0.142. The summed E-state index contributed by atoms with van der Waals surface area (Å²) in [6.45, 7) is 7.91. The number of ether oxygens (including phenoxy) is 2. The number of nitrogens with one attached hydrogen (secondary N) is 1. The second kappa shape index (κ2) is 10.8. The van der Waals surface area contributed by atoms with E-state index >= 15 is 0 Å². The lowest BCUT2D eigenvalue weighted by atomic mass is 9.78. The van der Waals surface area contributed by atoms with Crippen LogP contribution >= 0.6 is 23.2 Å². The molecule has 1 N–H and O–H groups in total. The summed E-state index contributed by atoms with van der Waals surface area (Å²) in [4.78, 5) is 37.2. The molecule has 3 rings (SSSR count). The van der Waals surface area contributed by atoms with Gasteiger partial charge in [-0.3, -0.25) is 4.79 Å². The van der Waals surface area contributed by atoms with Crippen LogP contribution in [0.25, 0.3) is 0 Å². The molecule has 2 aromatic carbocycles. The molecule has 0 bridgehead atoms. The molecule has 8 nitrogen and oxygen atoms in total. The molecule has 0 unspecified atom stereocenters. The first-order valence-electron chi connectivity index (χ1n) is 11.2. The Kier molecular flexibility index (Phi) is 8.40. The van der Waals surface area contributed by atoms with Gasteiger partial charge in [-0.05, 0) is 50.9 Å². The van der Waals surface area contributed by atoms with E-state index in [0.717, 1.165) is 11.0 Å². The molecule has 0 aliphatic carbocycles. The normalized spacial score (nSPS) is 16.8. The quantitative estimate of drug-likeness (QED) is 0.427. The molecule has 1 fully saturated rings. The van der Waals surface area contributed by atoms with Gasteiger partial charge in [0.05, 0.1) is 46.6 Å². The summed E-state index contributed by atoms with van der Waals surface area (Å²) in [6.07, 6.45) is 0.150. The third-order valence-corrected chi connectivity index (χ3v) is 7.02. The number of carbonyl (C=O) groups excluding carboxylic acids is 3. The lowest BCUT2D eigenvalue weighted by Gasteiger charge is -2.32. The highest BCUT2D eigenvalue weighted by Crippen LogP contribution is 2.36. The van der Waals surface area contributed by atoms with E-state index in [1.807, 2.05) is 52.0 Å². The van der Waals surface area contributed by atoms with Crippen molar-refractivity contribution in [2.45, 2.75) is 51.4 Å². The zero-order chi connectivity index (χ0) is 26.8. The number of methoxy groups -OCH3 is 2. The number of halogens is 2. The highest BCUT2D eigenvalue weighted by atomic mass is 35.5. The first kappa shape index (κ1) is 28.0. The van der Waals surface area contributed by atoms with Crippen molar-refractivity contribution in [2.75, 3.05) is 14.2 Å². The highest BCUT2D eigenvalue weighted by Gasteiger charge is 2.51. The third-order valence-electron chi connectivity index (χ3n) is 6.43. The molecule has 192 valence electrons.